The number of rotatable bonds is 4. The van der Waals surface area contributed by atoms with E-state index in [1.807, 2.05) is 4.90 Å². The molecule has 1 aliphatic heterocycles. The van der Waals surface area contributed by atoms with E-state index in [2.05, 4.69) is 18.7 Å². The molecule has 0 aliphatic carbocycles. The first-order chi connectivity index (χ1) is 7.97. The van der Waals surface area contributed by atoms with Crippen molar-refractivity contribution < 1.29 is 9.53 Å². The maximum Gasteiger partial charge on any atom is 0.239 e. The van der Waals surface area contributed by atoms with Gasteiger partial charge in [0.1, 0.15) is 0 Å². The van der Waals surface area contributed by atoms with Crippen molar-refractivity contribution in [3.8, 4) is 0 Å². The highest BCUT2D eigenvalue weighted by Crippen LogP contribution is 2.15. The number of carbonyl (C=O) groups excluding carboxylic acids is 1. The van der Waals surface area contributed by atoms with Crippen LogP contribution in [0, 0.1) is 0 Å². The molecule has 0 radical (unpaired) electrons. The Kier molecular flexibility index (Phi) is 5.36. The van der Waals surface area contributed by atoms with Gasteiger partial charge in [-0.15, -0.1) is 0 Å². The van der Waals surface area contributed by atoms with Crippen molar-refractivity contribution in [2.24, 2.45) is 5.73 Å². The van der Waals surface area contributed by atoms with Crippen molar-refractivity contribution in [3.63, 3.8) is 0 Å². The molecule has 0 bridgehead atoms. The van der Waals surface area contributed by atoms with Crippen molar-refractivity contribution in [2.45, 2.75) is 38.9 Å². The molecule has 3 unspecified atom stereocenters. The molecule has 1 fully saturated rings. The van der Waals surface area contributed by atoms with Crippen molar-refractivity contribution >= 4 is 5.91 Å². The number of piperazine rings is 1. The van der Waals surface area contributed by atoms with Crippen LogP contribution in [0.1, 0.15) is 20.8 Å². The molecule has 0 aromatic heterocycles. The molecule has 0 saturated carbocycles. The van der Waals surface area contributed by atoms with Crippen LogP contribution in [-0.4, -0.2) is 67.2 Å². The first-order valence-electron chi connectivity index (χ1n) is 6.26. The van der Waals surface area contributed by atoms with E-state index in [-0.39, 0.29) is 5.91 Å². The third-order valence-electron chi connectivity index (χ3n) is 3.36. The van der Waals surface area contributed by atoms with E-state index >= 15 is 0 Å². The Labute approximate surface area is 104 Å². The molecule has 1 saturated heterocycles. The summed E-state index contributed by atoms with van der Waals surface area (Å²) in [7, 11) is 1.71. The predicted octanol–water partition coefficient (Wildman–Crippen LogP) is -0.0988. The van der Waals surface area contributed by atoms with Gasteiger partial charge in [-0.25, -0.2) is 0 Å². The van der Waals surface area contributed by atoms with Gasteiger partial charge in [0, 0.05) is 38.8 Å². The molecule has 0 aromatic rings. The van der Waals surface area contributed by atoms with Gasteiger partial charge in [0.25, 0.3) is 0 Å². The Balaban J connectivity index is 2.57. The lowest BCUT2D eigenvalue weighted by Gasteiger charge is -2.44. The van der Waals surface area contributed by atoms with Crippen LogP contribution >= 0.6 is 0 Å². The molecule has 100 valence electrons. The zero-order chi connectivity index (χ0) is 13.0. The lowest BCUT2D eigenvalue weighted by Crippen LogP contribution is -2.60. The van der Waals surface area contributed by atoms with E-state index in [0.717, 1.165) is 26.2 Å². The lowest BCUT2D eigenvalue weighted by atomic mass is 10.1. The smallest absolute Gasteiger partial charge is 0.239 e. The van der Waals surface area contributed by atoms with Gasteiger partial charge in [-0.2, -0.15) is 0 Å². The molecule has 0 spiro atoms. The first kappa shape index (κ1) is 14.4. The van der Waals surface area contributed by atoms with Crippen LogP contribution in [0.5, 0.6) is 0 Å². The average Bonchev–Trinajstić information content (AvgIpc) is 2.26. The number of methoxy groups -OCH3 is 1. The first-order valence-corrected chi connectivity index (χ1v) is 6.26. The number of amides is 1. The minimum Gasteiger partial charge on any atom is -0.383 e. The number of hydrogen-bond donors (Lipinski definition) is 1. The van der Waals surface area contributed by atoms with Crippen molar-refractivity contribution in [2.75, 3.05) is 33.4 Å². The summed E-state index contributed by atoms with van der Waals surface area (Å²) in [5.41, 5.74) is 5.65. The topological polar surface area (TPSA) is 58.8 Å². The monoisotopic (exact) mass is 243 g/mol. The lowest BCUT2D eigenvalue weighted by molar-refractivity contribution is -0.136. The van der Waals surface area contributed by atoms with E-state index in [1.54, 1.807) is 14.0 Å². The van der Waals surface area contributed by atoms with Crippen LogP contribution in [0.3, 0.4) is 0 Å². The van der Waals surface area contributed by atoms with Crippen LogP contribution in [0.4, 0.5) is 0 Å². The maximum atomic E-state index is 11.9. The minimum absolute atomic E-state index is 0.0510. The van der Waals surface area contributed by atoms with Gasteiger partial charge in [-0.3, -0.25) is 9.69 Å². The number of hydrogen-bond acceptors (Lipinski definition) is 4. The van der Waals surface area contributed by atoms with E-state index in [1.165, 1.54) is 0 Å². The fraction of sp³-hybridized carbons (Fsp3) is 0.917. The minimum atomic E-state index is -0.403. The van der Waals surface area contributed by atoms with Crippen LogP contribution in [-0.2, 0) is 9.53 Å². The summed E-state index contributed by atoms with van der Waals surface area (Å²) in [5, 5.41) is 0. The average molecular weight is 243 g/mol. The van der Waals surface area contributed by atoms with E-state index in [9.17, 15) is 4.79 Å². The molecule has 17 heavy (non-hydrogen) atoms. The summed E-state index contributed by atoms with van der Waals surface area (Å²) in [4.78, 5) is 16.1. The van der Waals surface area contributed by atoms with Gasteiger partial charge < -0.3 is 15.4 Å². The molecular formula is C12H25N3O2. The number of nitrogens with zero attached hydrogens (tertiary/aromatic N) is 2. The Morgan fingerprint density at radius 2 is 1.94 bits per heavy atom. The molecular weight excluding hydrogens is 218 g/mol. The van der Waals surface area contributed by atoms with E-state index < -0.39 is 6.04 Å². The van der Waals surface area contributed by atoms with Gasteiger partial charge in [0.15, 0.2) is 0 Å². The highest BCUT2D eigenvalue weighted by Gasteiger charge is 2.32. The van der Waals surface area contributed by atoms with Gasteiger partial charge >= 0.3 is 0 Å². The summed E-state index contributed by atoms with van der Waals surface area (Å²) >= 11 is 0. The maximum absolute atomic E-state index is 11.9. The van der Waals surface area contributed by atoms with Crippen molar-refractivity contribution in [1.82, 2.24) is 9.80 Å². The van der Waals surface area contributed by atoms with Gasteiger partial charge in [-0.05, 0) is 20.8 Å². The second kappa shape index (κ2) is 6.33. The Morgan fingerprint density at radius 3 is 2.35 bits per heavy atom. The highest BCUT2D eigenvalue weighted by molar-refractivity contribution is 5.81. The molecule has 2 N–H and O–H groups in total. The summed E-state index contributed by atoms with van der Waals surface area (Å²) in [5.74, 6) is 0.0510. The standard InChI is InChI=1S/C12H25N3O2/c1-9-7-14(12(16)11(3)13)8-10(2)15(9)5-6-17-4/h9-11H,5-8,13H2,1-4H3. The molecule has 5 heteroatoms. The van der Waals surface area contributed by atoms with Gasteiger partial charge in [0.05, 0.1) is 12.6 Å². The number of ether oxygens (including phenoxy) is 1. The summed E-state index contributed by atoms with van der Waals surface area (Å²) in [6.45, 7) is 9.20. The second-order valence-corrected chi connectivity index (χ2v) is 4.96. The summed E-state index contributed by atoms with van der Waals surface area (Å²) < 4.78 is 5.11. The van der Waals surface area contributed by atoms with E-state index in [4.69, 9.17) is 10.5 Å². The molecule has 3 atom stereocenters. The molecule has 1 aliphatic rings. The predicted molar refractivity (Wildman–Crippen MR) is 67.7 cm³/mol. The summed E-state index contributed by atoms with van der Waals surface area (Å²) in [6, 6.07) is 0.313. The Bertz CT molecular complexity index is 246. The van der Waals surface area contributed by atoms with Crippen LogP contribution in [0.15, 0.2) is 0 Å². The van der Waals surface area contributed by atoms with Crippen LogP contribution in [0.2, 0.25) is 0 Å². The molecule has 0 aromatic carbocycles. The largest absolute Gasteiger partial charge is 0.383 e. The zero-order valence-electron chi connectivity index (χ0n) is 11.3. The highest BCUT2D eigenvalue weighted by atomic mass is 16.5. The fourth-order valence-corrected chi connectivity index (χ4v) is 2.46. The van der Waals surface area contributed by atoms with Gasteiger partial charge in [0.2, 0.25) is 5.91 Å². The zero-order valence-corrected chi connectivity index (χ0v) is 11.3. The number of carbonyl (C=O) groups is 1. The number of nitrogens with two attached hydrogens (primary N) is 1. The van der Waals surface area contributed by atoms with Crippen molar-refractivity contribution in [1.29, 1.82) is 0 Å². The SMILES string of the molecule is COCCN1C(C)CN(C(=O)C(C)N)CC1C. The molecule has 1 amide bonds. The molecule has 1 rings (SSSR count). The fourth-order valence-electron chi connectivity index (χ4n) is 2.46. The molecule has 5 nitrogen and oxygen atoms in total. The van der Waals surface area contributed by atoms with Gasteiger partial charge in [-0.1, -0.05) is 0 Å². The van der Waals surface area contributed by atoms with Crippen molar-refractivity contribution in [3.05, 3.63) is 0 Å². The molecule has 1 heterocycles. The third kappa shape index (κ3) is 3.66. The Hall–Kier alpha value is -0.650. The Morgan fingerprint density at radius 1 is 1.41 bits per heavy atom. The van der Waals surface area contributed by atoms with Crippen LogP contribution in [0.25, 0.3) is 0 Å². The second-order valence-electron chi connectivity index (χ2n) is 4.96. The third-order valence-corrected chi connectivity index (χ3v) is 3.36. The quantitative estimate of drug-likeness (QED) is 0.749. The summed E-state index contributed by atoms with van der Waals surface area (Å²) in [6.07, 6.45) is 0. The normalized spacial score (nSPS) is 28.2. The van der Waals surface area contributed by atoms with E-state index in [0.29, 0.717) is 12.1 Å². The van der Waals surface area contributed by atoms with Crippen LogP contribution < -0.4 is 5.73 Å².